The molecule has 2 N–H and O–H groups in total. The molecule has 27 heavy (non-hydrogen) atoms. The highest BCUT2D eigenvalue weighted by Gasteiger charge is 2.06. The summed E-state index contributed by atoms with van der Waals surface area (Å²) in [4.78, 5) is 4.25. The van der Waals surface area contributed by atoms with E-state index in [1.54, 1.807) is 14.2 Å². The molecule has 0 heterocycles. The van der Waals surface area contributed by atoms with Gasteiger partial charge in [0.25, 0.3) is 0 Å². The molecule has 0 radical (unpaired) electrons. The molecule has 2 aromatic rings. The summed E-state index contributed by atoms with van der Waals surface area (Å²) in [7, 11) is 3.44. The van der Waals surface area contributed by atoms with Crippen LogP contribution in [0.2, 0.25) is 0 Å². The fraction of sp³-hybridized carbons (Fsp3) is 0.333. The van der Waals surface area contributed by atoms with E-state index in [1.807, 2.05) is 36.4 Å². The van der Waals surface area contributed by atoms with Crippen molar-refractivity contribution in [2.24, 2.45) is 4.99 Å². The molecule has 0 saturated heterocycles. The van der Waals surface area contributed by atoms with Gasteiger partial charge >= 0.3 is 0 Å². The molecular weight excluding hydrogens is 451 g/mol. The van der Waals surface area contributed by atoms with E-state index < -0.39 is 0 Å². The third-order valence-corrected chi connectivity index (χ3v) is 4.32. The van der Waals surface area contributed by atoms with Crippen molar-refractivity contribution in [3.05, 3.63) is 65.2 Å². The van der Waals surface area contributed by atoms with Gasteiger partial charge < -0.3 is 15.4 Å². The van der Waals surface area contributed by atoms with Crippen LogP contribution in [0.5, 0.6) is 5.75 Å². The zero-order valence-corrected chi connectivity index (χ0v) is 18.4. The molecule has 0 spiro atoms. The molecule has 0 amide bonds. The van der Waals surface area contributed by atoms with Crippen LogP contribution >= 0.6 is 24.0 Å². The standard InChI is InChI=1S/C21H26N4O.HI/c1-16(19-8-10-20(26-3)11-9-19)12-13-24-21(23-2)25-15-18-6-4-17(14-22)5-7-18;/h4-11,16H,12-13,15H2,1-3H3,(H2,23,24,25);1H. The maximum atomic E-state index is 8.83. The van der Waals surface area contributed by atoms with Gasteiger partial charge in [-0.3, -0.25) is 4.99 Å². The van der Waals surface area contributed by atoms with Crippen LogP contribution in [-0.4, -0.2) is 26.7 Å². The van der Waals surface area contributed by atoms with Gasteiger partial charge in [0.1, 0.15) is 5.75 Å². The van der Waals surface area contributed by atoms with Gasteiger partial charge in [-0.05, 0) is 47.7 Å². The van der Waals surface area contributed by atoms with Crippen molar-refractivity contribution in [2.45, 2.75) is 25.8 Å². The molecule has 6 heteroatoms. The average Bonchev–Trinajstić information content (AvgIpc) is 2.70. The number of hydrogen-bond acceptors (Lipinski definition) is 3. The molecule has 0 saturated carbocycles. The maximum Gasteiger partial charge on any atom is 0.191 e. The molecule has 0 aliphatic rings. The van der Waals surface area contributed by atoms with Gasteiger partial charge in [-0.15, -0.1) is 24.0 Å². The number of aliphatic imine (C=N–C) groups is 1. The average molecular weight is 478 g/mol. The van der Waals surface area contributed by atoms with E-state index >= 15 is 0 Å². The van der Waals surface area contributed by atoms with Crippen molar-refractivity contribution in [3.63, 3.8) is 0 Å². The second-order valence-corrected chi connectivity index (χ2v) is 6.12. The number of guanidine groups is 1. The number of benzene rings is 2. The summed E-state index contributed by atoms with van der Waals surface area (Å²) >= 11 is 0. The van der Waals surface area contributed by atoms with Gasteiger partial charge in [0, 0.05) is 20.1 Å². The highest BCUT2D eigenvalue weighted by Crippen LogP contribution is 2.21. The van der Waals surface area contributed by atoms with Gasteiger partial charge in [0.15, 0.2) is 5.96 Å². The van der Waals surface area contributed by atoms with Gasteiger partial charge in [-0.1, -0.05) is 31.2 Å². The minimum atomic E-state index is 0. The molecule has 0 bridgehead atoms. The first-order chi connectivity index (χ1) is 12.7. The van der Waals surface area contributed by atoms with Gasteiger partial charge in [0.2, 0.25) is 0 Å². The SMILES string of the molecule is CN=C(NCCC(C)c1ccc(OC)cc1)NCc1ccc(C#N)cc1.I. The first-order valence-corrected chi connectivity index (χ1v) is 8.73. The maximum absolute atomic E-state index is 8.83. The Morgan fingerprint density at radius 3 is 2.33 bits per heavy atom. The van der Waals surface area contributed by atoms with Crippen LogP contribution in [-0.2, 0) is 6.54 Å². The van der Waals surface area contributed by atoms with Crippen LogP contribution in [0.15, 0.2) is 53.5 Å². The minimum Gasteiger partial charge on any atom is -0.497 e. The Labute approximate surface area is 178 Å². The second kappa shape index (κ2) is 12.2. The molecule has 0 fully saturated rings. The predicted molar refractivity (Wildman–Crippen MR) is 121 cm³/mol. The number of nitrogens with one attached hydrogen (secondary N) is 2. The van der Waals surface area contributed by atoms with Crippen molar-refractivity contribution in [2.75, 3.05) is 20.7 Å². The van der Waals surface area contributed by atoms with E-state index in [2.05, 4.69) is 40.8 Å². The van der Waals surface area contributed by atoms with E-state index in [4.69, 9.17) is 10.00 Å². The second-order valence-electron chi connectivity index (χ2n) is 6.12. The summed E-state index contributed by atoms with van der Waals surface area (Å²) in [6.07, 6.45) is 1.00. The summed E-state index contributed by atoms with van der Waals surface area (Å²) < 4.78 is 5.20. The van der Waals surface area contributed by atoms with Crippen molar-refractivity contribution in [1.29, 1.82) is 5.26 Å². The van der Waals surface area contributed by atoms with Gasteiger partial charge in [-0.2, -0.15) is 5.26 Å². The third-order valence-electron chi connectivity index (χ3n) is 4.32. The Kier molecular flexibility index (Phi) is 10.3. The molecule has 0 aliphatic carbocycles. The van der Waals surface area contributed by atoms with E-state index in [9.17, 15) is 0 Å². The molecule has 0 aromatic heterocycles. The first-order valence-electron chi connectivity index (χ1n) is 8.73. The monoisotopic (exact) mass is 478 g/mol. The van der Waals surface area contributed by atoms with Crippen molar-refractivity contribution in [3.8, 4) is 11.8 Å². The van der Waals surface area contributed by atoms with Crippen LogP contribution in [0.1, 0.15) is 36.0 Å². The lowest BCUT2D eigenvalue weighted by molar-refractivity contribution is 0.414. The smallest absolute Gasteiger partial charge is 0.191 e. The zero-order valence-electron chi connectivity index (χ0n) is 16.0. The number of rotatable bonds is 7. The quantitative estimate of drug-likeness (QED) is 0.358. The largest absolute Gasteiger partial charge is 0.497 e. The molecule has 5 nitrogen and oxygen atoms in total. The molecule has 1 unspecified atom stereocenters. The van der Waals surface area contributed by atoms with E-state index in [0.717, 1.165) is 30.2 Å². The Morgan fingerprint density at radius 2 is 1.78 bits per heavy atom. The molecule has 2 rings (SSSR count). The number of hydrogen-bond donors (Lipinski definition) is 2. The first kappa shape index (κ1) is 22.8. The highest BCUT2D eigenvalue weighted by atomic mass is 127. The van der Waals surface area contributed by atoms with Crippen LogP contribution in [0.25, 0.3) is 0 Å². The summed E-state index contributed by atoms with van der Waals surface area (Å²) in [5.74, 6) is 2.10. The number of nitrogens with zero attached hydrogens (tertiary/aromatic N) is 2. The van der Waals surface area contributed by atoms with E-state index in [1.165, 1.54) is 5.56 Å². The lowest BCUT2D eigenvalue weighted by Crippen LogP contribution is -2.37. The lowest BCUT2D eigenvalue weighted by Gasteiger charge is -2.15. The lowest BCUT2D eigenvalue weighted by atomic mass is 9.98. The van der Waals surface area contributed by atoms with Crippen LogP contribution in [0.3, 0.4) is 0 Å². The summed E-state index contributed by atoms with van der Waals surface area (Å²) in [5, 5.41) is 15.5. The van der Waals surface area contributed by atoms with Gasteiger partial charge in [0.05, 0.1) is 18.7 Å². The van der Waals surface area contributed by atoms with Gasteiger partial charge in [-0.25, -0.2) is 0 Å². The Bertz CT molecular complexity index is 751. The van der Waals surface area contributed by atoms with Crippen LogP contribution in [0, 0.1) is 11.3 Å². The fourth-order valence-electron chi connectivity index (χ4n) is 2.61. The topological polar surface area (TPSA) is 69.4 Å². The molecule has 1 atom stereocenters. The third kappa shape index (κ3) is 7.47. The summed E-state index contributed by atoms with van der Waals surface area (Å²) in [5.41, 5.74) is 3.08. The Hall–Kier alpha value is -2.27. The number of ether oxygens (including phenoxy) is 1. The zero-order chi connectivity index (χ0) is 18.8. The highest BCUT2D eigenvalue weighted by molar-refractivity contribution is 14.0. The molecule has 2 aromatic carbocycles. The Morgan fingerprint density at radius 1 is 1.11 bits per heavy atom. The van der Waals surface area contributed by atoms with Crippen LogP contribution < -0.4 is 15.4 Å². The molecule has 0 aliphatic heterocycles. The normalized spacial score (nSPS) is 11.7. The van der Waals surface area contributed by atoms with Crippen molar-refractivity contribution < 1.29 is 4.74 Å². The molecule has 144 valence electrons. The van der Waals surface area contributed by atoms with E-state index in [-0.39, 0.29) is 24.0 Å². The van der Waals surface area contributed by atoms with Crippen LogP contribution in [0.4, 0.5) is 0 Å². The number of methoxy groups -OCH3 is 1. The van der Waals surface area contributed by atoms with Crippen molar-refractivity contribution >= 4 is 29.9 Å². The van der Waals surface area contributed by atoms with E-state index in [0.29, 0.717) is 18.0 Å². The Balaban J connectivity index is 0.00000364. The number of nitriles is 1. The minimum absolute atomic E-state index is 0. The fourth-order valence-corrected chi connectivity index (χ4v) is 2.61. The number of halogens is 1. The van der Waals surface area contributed by atoms with Crippen molar-refractivity contribution in [1.82, 2.24) is 10.6 Å². The summed E-state index contributed by atoms with van der Waals surface area (Å²) in [6, 6.07) is 17.9. The predicted octanol–water partition coefficient (Wildman–Crippen LogP) is 4.04. The summed E-state index contributed by atoms with van der Waals surface area (Å²) in [6.45, 7) is 3.72. The molecular formula is C21H27IN4O.